The summed E-state index contributed by atoms with van der Waals surface area (Å²) < 4.78 is 10.9. The van der Waals surface area contributed by atoms with Gasteiger partial charge >= 0.3 is 6.03 Å². The van der Waals surface area contributed by atoms with Crippen molar-refractivity contribution in [2.75, 3.05) is 18.6 Å². The summed E-state index contributed by atoms with van der Waals surface area (Å²) in [6, 6.07) is -0.303. The zero-order valence-corrected chi connectivity index (χ0v) is 9.80. The Balaban J connectivity index is 2.45. The van der Waals surface area contributed by atoms with E-state index in [2.05, 4.69) is 5.32 Å². The number of carbonyl (C=O) groups is 2. The number of hydrogen-bond acceptors (Lipinski definition) is 3. The van der Waals surface area contributed by atoms with E-state index in [1.807, 2.05) is 6.92 Å². The van der Waals surface area contributed by atoms with Crippen molar-refractivity contribution in [2.45, 2.75) is 25.8 Å². The number of hydrogen-bond donors (Lipinski definition) is 1. The summed E-state index contributed by atoms with van der Waals surface area (Å²) in [5.74, 6) is 0.362. The highest BCUT2D eigenvalue weighted by atomic mass is 32.2. The summed E-state index contributed by atoms with van der Waals surface area (Å²) in [5, 5.41) is 2.27. The number of nitrogens with zero attached hydrogens (tertiary/aromatic N) is 1. The lowest BCUT2D eigenvalue weighted by Crippen LogP contribution is -2.52. The number of nitrogens with one attached hydrogen (secondary N) is 1. The smallest absolute Gasteiger partial charge is 0.321 e. The third-order valence-electron chi connectivity index (χ3n) is 2.44. The van der Waals surface area contributed by atoms with E-state index >= 15 is 0 Å². The largest absolute Gasteiger partial charge is 0.324 e. The standard InChI is InChI=1S/C9H16N2O3S/c1-7(4-6-15(2)14)11-5-3-8(12)10-9(11)13/h7H,3-6H2,1-2H3,(H,10,12,13). The average Bonchev–Trinajstić information content (AvgIpc) is 2.14. The molecule has 86 valence electrons. The maximum absolute atomic E-state index is 11.4. The lowest BCUT2D eigenvalue weighted by atomic mass is 10.2. The van der Waals surface area contributed by atoms with Crippen LogP contribution < -0.4 is 5.32 Å². The molecule has 1 saturated heterocycles. The second kappa shape index (κ2) is 5.25. The normalized spacial score (nSPS) is 21.1. The Morgan fingerprint density at radius 2 is 2.20 bits per heavy atom. The van der Waals surface area contributed by atoms with Crippen LogP contribution in [0.1, 0.15) is 19.8 Å². The van der Waals surface area contributed by atoms with Crippen molar-refractivity contribution in [3.05, 3.63) is 0 Å². The molecule has 0 saturated carbocycles. The molecule has 1 aliphatic rings. The summed E-state index contributed by atoms with van der Waals surface area (Å²) in [5.41, 5.74) is 0. The lowest BCUT2D eigenvalue weighted by Gasteiger charge is -2.31. The summed E-state index contributed by atoms with van der Waals surface area (Å²) in [6.45, 7) is 2.37. The van der Waals surface area contributed by atoms with Crippen LogP contribution in [0.5, 0.6) is 0 Å². The summed E-state index contributed by atoms with van der Waals surface area (Å²) in [6.07, 6.45) is 2.70. The Morgan fingerprint density at radius 1 is 1.53 bits per heavy atom. The van der Waals surface area contributed by atoms with E-state index in [4.69, 9.17) is 0 Å². The predicted molar refractivity (Wildman–Crippen MR) is 57.9 cm³/mol. The van der Waals surface area contributed by atoms with Gasteiger partial charge in [-0.05, 0) is 13.3 Å². The molecule has 2 unspecified atom stereocenters. The first kappa shape index (κ1) is 12.2. The van der Waals surface area contributed by atoms with Crippen molar-refractivity contribution >= 4 is 22.7 Å². The number of carbonyl (C=O) groups excluding carboxylic acids is 2. The van der Waals surface area contributed by atoms with Crippen LogP contribution in [0.3, 0.4) is 0 Å². The zero-order valence-electron chi connectivity index (χ0n) is 8.99. The molecule has 0 aromatic carbocycles. The number of imide groups is 1. The van der Waals surface area contributed by atoms with E-state index in [0.29, 0.717) is 25.1 Å². The van der Waals surface area contributed by atoms with Gasteiger partial charge in [0, 0.05) is 41.8 Å². The minimum absolute atomic E-state index is 0.0296. The first-order valence-corrected chi connectivity index (χ1v) is 6.64. The fourth-order valence-corrected chi connectivity index (χ4v) is 2.16. The van der Waals surface area contributed by atoms with Gasteiger partial charge in [-0.2, -0.15) is 0 Å². The third-order valence-corrected chi connectivity index (χ3v) is 3.25. The molecule has 6 heteroatoms. The van der Waals surface area contributed by atoms with Gasteiger partial charge < -0.3 is 4.90 Å². The molecular formula is C9H16N2O3S. The van der Waals surface area contributed by atoms with Gasteiger partial charge in [-0.25, -0.2) is 4.79 Å². The van der Waals surface area contributed by atoms with E-state index in [1.54, 1.807) is 11.2 Å². The fourth-order valence-electron chi connectivity index (χ4n) is 1.49. The Morgan fingerprint density at radius 3 is 2.73 bits per heavy atom. The number of amides is 3. The van der Waals surface area contributed by atoms with Crippen LogP contribution in [0.15, 0.2) is 0 Å². The Kier molecular flexibility index (Phi) is 4.26. The lowest BCUT2D eigenvalue weighted by molar-refractivity contribution is -0.121. The van der Waals surface area contributed by atoms with Crippen LogP contribution in [0.2, 0.25) is 0 Å². The number of rotatable bonds is 4. The van der Waals surface area contributed by atoms with Crippen LogP contribution in [-0.4, -0.2) is 45.6 Å². The van der Waals surface area contributed by atoms with E-state index in [9.17, 15) is 13.8 Å². The van der Waals surface area contributed by atoms with Crippen molar-refractivity contribution < 1.29 is 13.8 Å². The van der Waals surface area contributed by atoms with Crippen molar-refractivity contribution in [3.8, 4) is 0 Å². The van der Waals surface area contributed by atoms with Gasteiger partial charge in [-0.1, -0.05) is 0 Å². The molecule has 1 fully saturated rings. The molecule has 0 aromatic rings. The maximum atomic E-state index is 11.4. The van der Waals surface area contributed by atoms with E-state index < -0.39 is 10.8 Å². The first-order valence-electron chi connectivity index (χ1n) is 4.91. The summed E-state index contributed by atoms with van der Waals surface area (Å²) in [7, 11) is -0.834. The second-order valence-electron chi connectivity index (χ2n) is 3.71. The van der Waals surface area contributed by atoms with Gasteiger partial charge in [0.1, 0.15) is 0 Å². The van der Waals surface area contributed by atoms with Gasteiger partial charge in [0.05, 0.1) is 0 Å². The highest BCUT2D eigenvalue weighted by Gasteiger charge is 2.26. The quantitative estimate of drug-likeness (QED) is 0.746. The monoisotopic (exact) mass is 232 g/mol. The first-order chi connectivity index (χ1) is 7.00. The van der Waals surface area contributed by atoms with E-state index in [1.165, 1.54) is 0 Å². The zero-order chi connectivity index (χ0) is 11.4. The topological polar surface area (TPSA) is 66.5 Å². The molecule has 15 heavy (non-hydrogen) atoms. The molecule has 5 nitrogen and oxygen atoms in total. The highest BCUT2D eigenvalue weighted by molar-refractivity contribution is 7.84. The minimum Gasteiger partial charge on any atom is -0.321 e. The molecule has 0 radical (unpaired) electrons. The van der Waals surface area contributed by atoms with Crippen molar-refractivity contribution in [2.24, 2.45) is 0 Å². The molecule has 3 amide bonds. The third kappa shape index (κ3) is 3.62. The predicted octanol–water partition coefficient (Wildman–Crippen LogP) is 0.0854. The molecule has 1 aliphatic heterocycles. The maximum Gasteiger partial charge on any atom is 0.324 e. The van der Waals surface area contributed by atoms with Gasteiger partial charge in [-0.3, -0.25) is 14.3 Å². The molecule has 0 aliphatic carbocycles. The van der Waals surface area contributed by atoms with Crippen molar-refractivity contribution in [3.63, 3.8) is 0 Å². The average molecular weight is 232 g/mol. The molecule has 1 rings (SSSR count). The van der Waals surface area contributed by atoms with Crippen LogP contribution in [0.4, 0.5) is 4.79 Å². The molecule has 0 spiro atoms. The molecule has 2 atom stereocenters. The highest BCUT2D eigenvalue weighted by Crippen LogP contribution is 2.09. The van der Waals surface area contributed by atoms with Gasteiger partial charge in [0.2, 0.25) is 5.91 Å². The van der Waals surface area contributed by atoms with Gasteiger partial charge in [0.25, 0.3) is 0 Å². The summed E-state index contributed by atoms with van der Waals surface area (Å²) in [4.78, 5) is 23.9. The van der Waals surface area contributed by atoms with Crippen molar-refractivity contribution in [1.82, 2.24) is 10.2 Å². The molecular weight excluding hydrogens is 216 g/mol. The van der Waals surface area contributed by atoms with Gasteiger partial charge in [-0.15, -0.1) is 0 Å². The van der Waals surface area contributed by atoms with Crippen LogP contribution in [0.25, 0.3) is 0 Å². The van der Waals surface area contributed by atoms with E-state index in [-0.39, 0.29) is 18.0 Å². The second-order valence-corrected chi connectivity index (χ2v) is 5.27. The van der Waals surface area contributed by atoms with E-state index in [0.717, 1.165) is 0 Å². The Bertz CT molecular complexity index is 293. The van der Waals surface area contributed by atoms with Crippen LogP contribution >= 0.6 is 0 Å². The molecule has 1 heterocycles. The SMILES string of the molecule is CC(CCS(C)=O)N1CCC(=O)NC1=O. The molecule has 0 aromatic heterocycles. The van der Waals surface area contributed by atoms with Crippen molar-refractivity contribution in [1.29, 1.82) is 0 Å². The minimum atomic E-state index is -0.834. The Hall–Kier alpha value is -0.910. The Labute approximate surface area is 91.7 Å². The molecule has 1 N–H and O–H groups in total. The van der Waals surface area contributed by atoms with Crippen LogP contribution in [0, 0.1) is 0 Å². The van der Waals surface area contributed by atoms with Crippen LogP contribution in [-0.2, 0) is 15.6 Å². The summed E-state index contributed by atoms with van der Waals surface area (Å²) >= 11 is 0. The number of urea groups is 1. The molecule has 0 bridgehead atoms. The van der Waals surface area contributed by atoms with Gasteiger partial charge in [0.15, 0.2) is 0 Å². The fraction of sp³-hybridized carbons (Fsp3) is 0.778.